The quantitative estimate of drug-likeness (QED) is 0.547. The van der Waals surface area contributed by atoms with Crippen LogP contribution in [0.4, 0.5) is 0 Å². The third kappa shape index (κ3) is 2.75. The molecular weight excluding hydrogens is 354 g/mol. The summed E-state index contributed by atoms with van der Waals surface area (Å²) in [6.45, 7) is 2.73. The molecule has 5 nitrogen and oxygen atoms in total. The van der Waals surface area contributed by atoms with Crippen molar-refractivity contribution in [3.63, 3.8) is 0 Å². The number of hydrogen-bond acceptors (Lipinski definition) is 5. The molecule has 2 aromatic heterocycles. The van der Waals surface area contributed by atoms with E-state index in [4.69, 9.17) is 4.74 Å². The molecule has 2 aromatic carbocycles. The van der Waals surface area contributed by atoms with Crippen molar-refractivity contribution in [2.24, 2.45) is 4.99 Å². The van der Waals surface area contributed by atoms with E-state index in [1.54, 1.807) is 7.11 Å². The Bertz CT molecular complexity index is 1120. The summed E-state index contributed by atoms with van der Waals surface area (Å²) < 4.78 is 9.49. The zero-order valence-electron chi connectivity index (χ0n) is 13.7. The zero-order valence-corrected chi connectivity index (χ0v) is 15.4. The van der Waals surface area contributed by atoms with Gasteiger partial charge in [-0.3, -0.25) is 4.79 Å². The van der Waals surface area contributed by atoms with Crippen molar-refractivity contribution in [1.82, 2.24) is 9.55 Å². The summed E-state index contributed by atoms with van der Waals surface area (Å²) in [6, 6.07) is 13.6. The molecule has 0 aliphatic rings. The number of nitrogens with zero attached hydrogens (tertiary/aromatic N) is 3. The predicted molar refractivity (Wildman–Crippen MR) is 102 cm³/mol. The van der Waals surface area contributed by atoms with Crippen molar-refractivity contribution in [1.29, 1.82) is 0 Å². The van der Waals surface area contributed by atoms with Crippen LogP contribution in [-0.2, 0) is 6.54 Å². The topological polar surface area (TPSA) is 56.5 Å². The van der Waals surface area contributed by atoms with Crippen LogP contribution in [0.25, 0.3) is 20.4 Å². The number of amides is 1. The van der Waals surface area contributed by atoms with Crippen molar-refractivity contribution in [3.8, 4) is 5.75 Å². The Morgan fingerprint density at radius 3 is 2.72 bits per heavy atom. The van der Waals surface area contributed by atoms with Crippen molar-refractivity contribution >= 4 is 49.0 Å². The molecule has 0 unspecified atom stereocenters. The number of ether oxygens (including phenoxy) is 1. The average Bonchev–Trinajstić information content (AvgIpc) is 3.22. The third-order valence-corrected chi connectivity index (χ3v) is 5.94. The Kier molecular flexibility index (Phi) is 4.10. The van der Waals surface area contributed by atoms with Crippen molar-refractivity contribution < 1.29 is 9.53 Å². The van der Waals surface area contributed by atoms with Gasteiger partial charge in [0.05, 0.1) is 22.0 Å². The summed E-state index contributed by atoms with van der Waals surface area (Å²) in [7, 11) is 1.65. The number of hydrogen-bond donors (Lipinski definition) is 0. The van der Waals surface area contributed by atoms with Gasteiger partial charge in [0.15, 0.2) is 9.81 Å². The minimum atomic E-state index is -0.311. The number of carbonyl (C=O) groups is 1. The van der Waals surface area contributed by atoms with Crippen LogP contribution in [0.1, 0.15) is 16.7 Å². The van der Waals surface area contributed by atoms with Gasteiger partial charge in [-0.05, 0) is 31.2 Å². The van der Waals surface area contributed by atoms with Crippen LogP contribution < -0.4 is 9.54 Å². The van der Waals surface area contributed by atoms with Gasteiger partial charge in [0.2, 0.25) is 0 Å². The lowest BCUT2D eigenvalue weighted by molar-refractivity contribution is 0.0997. The lowest BCUT2D eigenvalue weighted by Crippen LogP contribution is -2.16. The minimum absolute atomic E-state index is 0.311. The molecule has 2 heterocycles. The molecule has 1 amide bonds. The lowest BCUT2D eigenvalue weighted by atomic mass is 10.3. The lowest BCUT2D eigenvalue weighted by Gasteiger charge is -2.05. The predicted octanol–water partition coefficient (Wildman–Crippen LogP) is 4.08. The van der Waals surface area contributed by atoms with Gasteiger partial charge in [-0.15, -0.1) is 11.3 Å². The van der Waals surface area contributed by atoms with E-state index < -0.39 is 0 Å². The molecule has 0 aliphatic carbocycles. The first-order valence-electron chi connectivity index (χ1n) is 7.82. The van der Waals surface area contributed by atoms with Crippen LogP contribution in [0.2, 0.25) is 0 Å². The summed E-state index contributed by atoms with van der Waals surface area (Å²) in [5, 5.41) is 0.410. The number of methoxy groups -OCH3 is 1. The Balaban J connectivity index is 1.86. The maximum atomic E-state index is 12.6. The van der Waals surface area contributed by atoms with Crippen LogP contribution in [0.5, 0.6) is 5.75 Å². The summed E-state index contributed by atoms with van der Waals surface area (Å²) in [6.07, 6.45) is 0. The third-order valence-electron chi connectivity index (χ3n) is 3.87. The highest BCUT2D eigenvalue weighted by Crippen LogP contribution is 2.27. The Labute approximate surface area is 151 Å². The fourth-order valence-electron chi connectivity index (χ4n) is 2.74. The van der Waals surface area contributed by atoms with Crippen molar-refractivity contribution in [2.75, 3.05) is 7.11 Å². The van der Waals surface area contributed by atoms with Crippen LogP contribution in [-0.4, -0.2) is 22.6 Å². The molecule has 0 fully saturated rings. The molecule has 0 N–H and O–H groups in total. The SMILES string of the molecule is CCn1c(=NC(=O)c2nc3ccccc3s2)sc2cccc(OC)c21. The van der Waals surface area contributed by atoms with Gasteiger partial charge in [0.25, 0.3) is 0 Å². The number of fused-ring (bicyclic) bond motifs is 2. The fourth-order valence-corrected chi connectivity index (χ4v) is 4.70. The highest BCUT2D eigenvalue weighted by molar-refractivity contribution is 7.20. The summed E-state index contributed by atoms with van der Waals surface area (Å²) in [5.41, 5.74) is 1.79. The number of para-hydroxylation sites is 2. The van der Waals surface area contributed by atoms with Gasteiger partial charge in [-0.2, -0.15) is 4.99 Å². The summed E-state index contributed by atoms with van der Waals surface area (Å²) >= 11 is 2.85. The van der Waals surface area contributed by atoms with Crippen molar-refractivity contribution in [3.05, 3.63) is 52.3 Å². The van der Waals surface area contributed by atoms with E-state index in [9.17, 15) is 4.79 Å². The molecule has 0 spiro atoms. The largest absolute Gasteiger partial charge is 0.495 e. The Morgan fingerprint density at radius 2 is 1.96 bits per heavy atom. The van der Waals surface area contributed by atoms with Crippen LogP contribution in [0.15, 0.2) is 47.5 Å². The van der Waals surface area contributed by atoms with E-state index in [1.165, 1.54) is 22.7 Å². The number of aromatic nitrogens is 2. The first-order chi connectivity index (χ1) is 12.2. The van der Waals surface area contributed by atoms with E-state index in [0.717, 1.165) is 26.2 Å². The molecule has 4 aromatic rings. The number of thiazole rings is 2. The second-order valence-corrected chi connectivity index (χ2v) is 7.38. The molecule has 0 radical (unpaired) electrons. The molecule has 25 heavy (non-hydrogen) atoms. The zero-order chi connectivity index (χ0) is 17.4. The number of aryl methyl sites for hydroxylation is 1. The highest BCUT2D eigenvalue weighted by Gasteiger charge is 2.14. The van der Waals surface area contributed by atoms with E-state index in [1.807, 2.05) is 54.0 Å². The van der Waals surface area contributed by atoms with Crippen LogP contribution >= 0.6 is 22.7 Å². The summed E-state index contributed by atoms with van der Waals surface area (Å²) in [5.74, 6) is 0.471. The number of rotatable bonds is 3. The minimum Gasteiger partial charge on any atom is -0.495 e. The van der Waals surface area contributed by atoms with E-state index in [2.05, 4.69) is 9.98 Å². The smallest absolute Gasteiger partial charge is 0.308 e. The second kappa shape index (κ2) is 6.42. The molecule has 126 valence electrons. The van der Waals surface area contributed by atoms with Crippen LogP contribution in [0.3, 0.4) is 0 Å². The Hall–Kier alpha value is -2.51. The van der Waals surface area contributed by atoms with Gasteiger partial charge in [-0.1, -0.05) is 29.5 Å². The maximum absolute atomic E-state index is 12.6. The van der Waals surface area contributed by atoms with E-state index in [0.29, 0.717) is 16.4 Å². The van der Waals surface area contributed by atoms with Gasteiger partial charge in [-0.25, -0.2) is 4.98 Å². The molecule has 0 saturated heterocycles. The Morgan fingerprint density at radius 1 is 1.16 bits per heavy atom. The fraction of sp³-hybridized carbons (Fsp3) is 0.167. The number of carbonyl (C=O) groups excluding carboxylic acids is 1. The molecule has 0 atom stereocenters. The monoisotopic (exact) mass is 369 g/mol. The first kappa shape index (κ1) is 16.0. The first-order valence-corrected chi connectivity index (χ1v) is 9.45. The van der Waals surface area contributed by atoms with Gasteiger partial charge < -0.3 is 9.30 Å². The van der Waals surface area contributed by atoms with Crippen LogP contribution in [0, 0.1) is 0 Å². The molecule has 7 heteroatoms. The normalized spacial score (nSPS) is 12.2. The van der Waals surface area contributed by atoms with Gasteiger partial charge >= 0.3 is 5.91 Å². The average molecular weight is 369 g/mol. The molecule has 0 aliphatic heterocycles. The molecule has 0 saturated carbocycles. The highest BCUT2D eigenvalue weighted by atomic mass is 32.1. The molecule has 4 rings (SSSR count). The second-order valence-electron chi connectivity index (χ2n) is 5.34. The maximum Gasteiger partial charge on any atom is 0.308 e. The van der Waals surface area contributed by atoms with Gasteiger partial charge in [0.1, 0.15) is 11.3 Å². The van der Waals surface area contributed by atoms with E-state index >= 15 is 0 Å². The van der Waals surface area contributed by atoms with E-state index in [-0.39, 0.29) is 5.91 Å². The van der Waals surface area contributed by atoms with Crippen molar-refractivity contribution in [2.45, 2.75) is 13.5 Å². The number of benzene rings is 2. The molecule has 0 bridgehead atoms. The molecular formula is C18H15N3O2S2. The standard InChI is InChI=1S/C18H15N3O2S2/c1-3-21-15-12(23-2)8-6-10-14(15)25-18(21)20-16(22)17-19-11-7-4-5-9-13(11)24-17/h4-10H,3H2,1-2H3. The summed E-state index contributed by atoms with van der Waals surface area (Å²) in [4.78, 5) is 22.0. The van der Waals surface area contributed by atoms with Gasteiger partial charge in [0, 0.05) is 6.54 Å².